The summed E-state index contributed by atoms with van der Waals surface area (Å²) in [6, 6.07) is 10.1. The van der Waals surface area contributed by atoms with Crippen molar-refractivity contribution < 1.29 is 9.59 Å². The predicted molar refractivity (Wildman–Crippen MR) is 93.9 cm³/mol. The third-order valence-corrected chi connectivity index (χ3v) is 3.88. The van der Waals surface area contributed by atoms with E-state index in [0.29, 0.717) is 19.5 Å². The Morgan fingerprint density at radius 1 is 1.09 bits per heavy atom. The molecule has 4 nitrogen and oxygen atoms in total. The van der Waals surface area contributed by atoms with E-state index in [0.717, 1.165) is 5.56 Å². The van der Waals surface area contributed by atoms with E-state index in [1.165, 1.54) is 0 Å². The molecule has 1 rings (SSSR count). The first-order valence-corrected chi connectivity index (χ1v) is 8.24. The van der Waals surface area contributed by atoms with E-state index in [2.05, 4.69) is 0 Å². The first kappa shape index (κ1) is 19.2. The van der Waals surface area contributed by atoms with Crippen molar-refractivity contribution in [3.8, 4) is 0 Å². The van der Waals surface area contributed by atoms with Crippen LogP contribution in [0.15, 0.2) is 30.3 Å². The Labute approximate surface area is 140 Å². The first-order chi connectivity index (χ1) is 10.6. The van der Waals surface area contributed by atoms with Crippen LogP contribution in [-0.4, -0.2) is 39.7 Å². The van der Waals surface area contributed by atoms with Crippen molar-refractivity contribution in [2.45, 2.75) is 66.1 Å². The van der Waals surface area contributed by atoms with Crippen LogP contribution in [0, 0.1) is 0 Å². The number of carbonyl (C=O) groups excluding carboxylic acids is 2. The number of hydrogen-bond acceptors (Lipinski definition) is 2. The van der Waals surface area contributed by atoms with Crippen LogP contribution in [0.5, 0.6) is 0 Å². The third kappa shape index (κ3) is 6.05. The van der Waals surface area contributed by atoms with Gasteiger partial charge in [-0.1, -0.05) is 30.3 Å². The fourth-order valence-corrected chi connectivity index (χ4v) is 2.66. The van der Waals surface area contributed by atoms with Crippen molar-refractivity contribution in [3.63, 3.8) is 0 Å². The second-order valence-corrected chi connectivity index (χ2v) is 7.19. The summed E-state index contributed by atoms with van der Waals surface area (Å²) in [5.41, 5.74) is 0.850. The fourth-order valence-electron chi connectivity index (χ4n) is 2.66. The molecule has 0 fully saturated rings. The molecule has 23 heavy (non-hydrogen) atoms. The number of amides is 2. The highest BCUT2D eigenvalue weighted by Crippen LogP contribution is 2.16. The molecule has 0 atom stereocenters. The van der Waals surface area contributed by atoms with Gasteiger partial charge in [0.25, 0.3) is 0 Å². The lowest BCUT2D eigenvalue weighted by molar-refractivity contribution is -0.137. The van der Waals surface area contributed by atoms with Crippen molar-refractivity contribution in [2.24, 2.45) is 0 Å². The largest absolute Gasteiger partial charge is 0.338 e. The molecule has 0 saturated heterocycles. The monoisotopic (exact) mass is 318 g/mol. The lowest BCUT2D eigenvalue weighted by Gasteiger charge is -2.36. The van der Waals surface area contributed by atoms with E-state index in [1.54, 1.807) is 11.8 Å². The molecule has 2 amide bonds. The second kappa shape index (κ2) is 8.14. The second-order valence-electron chi connectivity index (χ2n) is 7.19. The predicted octanol–water partition coefficient (Wildman–Crippen LogP) is 3.46. The Kier molecular flexibility index (Phi) is 6.79. The van der Waals surface area contributed by atoms with Crippen LogP contribution in [0.3, 0.4) is 0 Å². The van der Waals surface area contributed by atoms with E-state index < -0.39 is 0 Å². The Morgan fingerprint density at radius 2 is 1.65 bits per heavy atom. The average molecular weight is 318 g/mol. The summed E-state index contributed by atoms with van der Waals surface area (Å²) in [7, 11) is 0. The van der Waals surface area contributed by atoms with Gasteiger partial charge in [0, 0.05) is 38.0 Å². The zero-order chi connectivity index (χ0) is 17.6. The molecule has 0 aliphatic carbocycles. The molecular formula is C19H30N2O2. The molecule has 0 aliphatic rings. The number of hydrogen-bond donors (Lipinski definition) is 0. The highest BCUT2D eigenvalue weighted by molar-refractivity contribution is 5.78. The van der Waals surface area contributed by atoms with Gasteiger partial charge in [0.1, 0.15) is 0 Å². The van der Waals surface area contributed by atoms with Gasteiger partial charge in [0.05, 0.1) is 0 Å². The van der Waals surface area contributed by atoms with E-state index in [-0.39, 0.29) is 23.4 Å². The quantitative estimate of drug-likeness (QED) is 0.806. The molecule has 0 saturated carbocycles. The standard InChI is InChI=1S/C19H30N2O2/c1-15(2)20(14-17-10-8-7-9-11-17)18(23)12-13-21(16(3)22)19(4,5)6/h7-11,15H,12-14H2,1-6H3. The van der Waals surface area contributed by atoms with Crippen LogP contribution in [0.25, 0.3) is 0 Å². The normalized spacial score (nSPS) is 11.4. The molecular weight excluding hydrogens is 288 g/mol. The van der Waals surface area contributed by atoms with E-state index in [4.69, 9.17) is 0 Å². The molecule has 0 unspecified atom stereocenters. The zero-order valence-electron chi connectivity index (χ0n) is 15.3. The van der Waals surface area contributed by atoms with Gasteiger partial charge in [-0.2, -0.15) is 0 Å². The number of benzene rings is 1. The number of carbonyl (C=O) groups is 2. The molecule has 0 aromatic heterocycles. The smallest absolute Gasteiger partial charge is 0.224 e. The minimum atomic E-state index is -0.270. The van der Waals surface area contributed by atoms with Gasteiger partial charge >= 0.3 is 0 Å². The molecule has 0 N–H and O–H groups in total. The van der Waals surface area contributed by atoms with Crippen LogP contribution in [0.1, 0.15) is 53.5 Å². The lowest BCUT2D eigenvalue weighted by Crippen LogP contribution is -2.47. The van der Waals surface area contributed by atoms with Gasteiger partial charge < -0.3 is 9.80 Å². The minimum absolute atomic E-state index is 0.00413. The molecule has 0 heterocycles. The highest BCUT2D eigenvalue weighted by atomic mass is 16.2. The van der Waals surface area contributed by atoms with E-state index in [9.17, 15) is 9.59 Å². The summed E-state index contributed by atoms with van der Waals surface area (Å²) >= 11 is 0. The molecule has 0 spiro atoms. The van der Waals surface area contributed by atoms with Gasteiger partial charge in [-0.05, 0) is 40.2 Å². The molecule has 1 aromatic rings. The van der Waals surface area contributed by atoms with Crippen LogP contribution in [-0.2, 0) is 16.1 Å². The Hall–Kier alpha value is -1.84. The van der Waals surface area contributed by atoms with Crippen LogP contribution in [0.2, 0.25) is 0 Å². The fraction of sp³-hybridized carbons (Fsp3) is 0.579. The molecule has 0 aliphatic heterocycles. The number of rotatable bonds is 6. The summed E-state index contributed by atoms with van der Waals surface area (Å²) in [5, 5.41) is 0. The lowest BCUT2D eigenvalue weighted by atomic mass is 10.1. The maximum absolute atomic E-state index is 12.6. The minimum Gasteiger partial charge on any atom is -0.338 e. The Bertz CT molecular complexity index is 518. The van der Waals surface area contributed by atoms with Gasteiger partial charge in [-0.3, -0.25) is 9.59 Å². The van der Waals surface area contributed by atoms with Crippen LogP contribution >= 0.6 is 0 Å². The molecule has 0 radical (unpaired) electrons. The molecule has 128 valence electrons. The number of nitrogens with zero attached hydrogens (tertiary/aromatic N) is 2. The van der Waals surface area contributed by atoms with Crippen molar-refractivity contribution in [1.29, 1.82) is 0 Å². The van der Waals surface area contributed by atoms with E-state index >= 15 is 0 Å². The van der Waals surface area contributed by atoms with Gasteiger partial charge in [-0.15, -0.1) is 0 Å². The van der Waals surface area contributed by atoms with Crippen molar-refractivity contribution in [3.05, 3.63) is 35.9 Å². The van der Waals surface area contributed by atoms with Crippen LogP contribution < -0.4 is 0 Å². The summed E-state index contributed by atoms with van der Waals surface area (Å²) in [5.74, 6) is 0.0869. The molecule has 0 bridgehead atoms. The third-order valence-electron chi connectivity index (χ3n) is 3.88. The molecule has 4 heteroatoms. The van der Waals surface area contributed by atoms with Crippen molar-refractivity contribution >= 4 is 11.8 Å². The zero-order valence-corrected chi connectivity index (χ0v) is 15.3. The topological polar surface area (TPSA) is 40.6 Å². The van der Waals surface area contributed by atoms with Gasteiger partial charge in [0.2, 0.25) is 11.8 Å². The Balaban J connectivity index is 2.73. The summed E-state index contributed by atoms with van der Waals surface area (Å²) in [6.07, 6.45) is 0.349. The SMILES string of the molecule is CC(=O)N(CCC(=O)N(Cc1ccccc1)C(C)C)C(C)(C)C. The molecule has 1 aromatic carbocycles. The van der Waals surface area contributed by atoms with Crippen molar-refractivity contribution in [2.75, 3.05) is 6.54 Å². The first-order valence-electron chi connectivity index (χ1n) is 8.24. The summed E-state index contributed by atoms with van der Waals surface area (Å²) < 4.78 is 0. The summed E-state index contributed by atoms with van der Waals surface area (Å²) in [4.78, 5) is 28.1. The van der Waals surface area contributed by atoms with Crippen LogP contribution in [0.4, 0.5) is 0 Å². The van der Waals surface area contributed by atoms with E-state index in [1.807, 2.05) is 69.9 Å². The maximum Gasteiger partial charge on any atom is 0.224 e. The van der Waals surface area contributed by atoms with Crippen molar-refractivity contribution in [1.82, 2.24) is 9.80 Å². The Morgan fingerprint density at radius 3 is 2.09 bits per heavy atom. The van der Waals surface area contributed by atoms with Gasteiger partial charge in [-0.25, -0.2) is 0 Å². The summed E-state index contributed by atoms with van der Waals surface area (Å²) in [6.45, 7) is 12.6. The average Bonchev–Trinajstić information content (AvgIpc) is 2.43. The maximum atomic E-state index is 12.6. The van der Waals surface area contributed by atoms with Gasteiger partial charge in [0.15, 0.2) is 0 Å². The highest BCUT2D eigenvalue weighted by Gasteiger charge is 2.25.